The third-order valence-electron chi connectivity index (χ3n) is 4.77. The summed E-state index contributed by atoms with van der Waals surface area (Å²) in [4.78, 5) is 16.5. The number of rotatable bonds is 10. The standard InChI is InChI=1S/C20H23N9O3S/c1-3-6-15(31)21-9-12(2)18-23-19-17(24-26-20-25-22-10-33-20)16(27-29(19)28-18)13-7-4-5-8-14(13)32-11-30/h4-5,7-8,10,12,27,30H,3,6,9,11H2,1-2H3,(H,21,31). The predicted molar refractivity (Wildman–Crippen MR) is 121 cm³/mol. The van der Waals surface area contributed by atoms with E-state index in [0.717, 1.165) is 6.42 Å². The molecule has 0 aliphatic heterocycles. The zero-order valence-corrected chi connectivity index (χ0v) is 18.9. The van der Waals surface area contributed by atoms with Crippen molar-refractivity contribution in [3.63, 3.8) is 0 Å². The van der Waals surface area contributed by atoms with E-state index in [-0.39, 0.29) is 11.8 Å². The van der Waals surface area contributed by atoms with Crippen LogP contribution in [-0.4, -0.2) is 54.4 Å². The summed E-state index contributed by atoms with van der Waals surface area (Å²) in [7, 11) is 0. The molecular weight excluding hydrogens is 446 g/mol. The Balaban J connectivity index is 1.72. The van der Waals surface area contributed by atoms with E-state index in [2.05, 4.69) is 40.9 Å². The largest absolute Gasteiger partial charge is 0.467 e. The van der Waals surface area contributed by atoms with Crippen LogP contribution in [0.25, 0.3) is 16.9 Å². The van der Waals surface area contributed by atoms with Crippen LogP contribution >= 0.6 is 11.3 Å². The van der Waals surface area contributed by atoms with E-state index < -0.39 is 6.79 Å². The van der Waals surface area contributed by atoms with E-state index in [1.165, 1.54) is 16.0 Å². The molecule has 0 radical (unpaired) electrons. The van der Waals surface area contributed by atoms with E-state index >= 15 is 0 Å². The van der Waals surface area contributed by atoms with Crippen LogP contribution in [0, 0.1) is 0 Å². The average molecular weight is 470 g/mol. The summed E-state index contributed by atoms with van der Waals surface area (Å²) in [6, 6.07) is 7.21. The minimum Gasteiger partial charge on any atom is -0.467 e. The van der Waals surface area contributed by atoms with Gasteiger partial charge in [0.25, 0.3) is 5.13 Å². The average Bonchev–Trinajstić information content (AvgIpc) is 3.54. The quantitative estimate of drug-likeness (QED) is 0.238. The molecule has 0 bridgehead atoms. The molecule has 0 aliphatic carbocycles. The monoisotopic (exact) mass is 469 g/mol. The van der Waals surface area contributed by atoms with E-state index in [1.54, 1.807) is 17.6 Å². The van der Waals surface area contributed by atoms with Gasteiger partial charge in [-0.15, -0.1) is 25.5 Å². The second kappa shape index (κ2) is 10.3. The highest BCUT2D eigenvalue weighted by atomic mass is 32.1. The number of aromatic amines is 1. The molecule has 172 valence electrons. The fourth-order valence-corrected chi connectivity index (χ4v) is 3.54. The second-order valence-corrected chi connectivity index (χ2v) is 8.00. The summed E-state index contributed by atoms with van der Waals surface area (Å²) in [5.74, 6) is 0.907. The van der Waals surface area contributed by atoms with Crippen molar-refractivity contribution >= 4 is 33.7 Å². The van der Waals surface area contributed by atoms with Gasteiger partial charge in [0.15, 0.2) is 18.3 Å². The number of H-pyrrole nitrogens is 1. The Hall–Kier alpha value is -3.71. The smallest absolute Gasteiger partial charge is 0.251 e. The summed E-state index contributed by atoms with van der Waals surface area (Å²) in [6.45, 7) is 3.85. The molecule has 1 amide bonds. The van der Waals surface area contributed by atoms with Gasteiger partial charge in [-0.25, -0.2) is 4.98 Å². The molecule has 0 spiro atoms. The number of hydrogen-bond acceptors (Lipinski definition) is 10. The highest BCUT2D eigenvalue weighted by molar-refractivity contribution is 7.13. The normalized spacial score (nSPS) is 12.5. The first-order valence-electron chi connectivity index (χ1n) is 10.4. The Bertz CT molecular complexity index is 1250. The lowest BCUT2D eigenvalue weighted by molar-refractivity contribution is -0.121. The van der Waals surface area contributed by atoms with Gasteiger partial charge in [0.2, 0.25) is 11.6 Å². The first kappa shape index (κ1) is 22.5. The van der Waals surface area contributed by atoms with E-state index in [1.807, 2.05) is 26.0 Å². The highest BCUT2D eigenvalue weighted by Crippen LogP contribution is 2.38. The first-order valence-corrected chi connectivity index (χ1v) is 11.2. The number of nitrogens with zero attached hydrogens (tertiary/aromatic N) is 7. The van der Waals surface area contributed by atoms with E-state index in [9.17, 15) is 9.90 Å². The van der Waals surface area contributed by atoms with Gasteiger partial charge < -0.3 is 15.2 Å². The van der Waals surface area contributed by atoms with Gasteiger partial charge in [0.05, 0.1) is 5.69 Å². The predicted octanol–water partition coefficient (Wildman–Crippen LogP) is 3.34. The van der Waals surface area contributed by atoms with Crippen LogP contribution in [-0.2, 0) is 4.79 Å². The van der Waals surface area contributed by atoms with Crippen molar-refractivity contribution in [2.45, 2.75) is 32.6 Å². The minimum absolute atomic E-state index is 0.00319. The SMILES string of the molecule is CCCC(=O)NCC(C)c1nc2c(N=Nc3nncs3)c(-c3ccccc3OCO)[nH]n2n1. The molecule has 0 fully saturated rings. The lowest BCUT2D eigenvalue weighted by Gasteiger charge is -2.09. The maximum Gasteiger partial charge on any atom is 0.251 e. The van der Waals surface area contributed by atoms with Crippen LogP contribution < -0.4 is 10.1 Å². The van der Waals surface area contributed by atoms with Crippen molar-refractivity contribution in [3.05, 3.63) is 35.6 Å². The number of amides is 1. The first-order chi connectivity index (χ1) is 16.1. The Morgan fingerprint density at radius 2 is 2.21 bits per heavy atom. The molecule has 0 saturated carbocycles. The number of aliphatic hydroxyl groups is 1. The minimum atomic E-state index is -0.472. The third-order valence-corrected chi connectivity index (χ3v) is 5.35. The molecule has 12 nitrogen and oxygen atoms in total. The summed E-state index contributed by atoms with van der Waals surface area (Å²) < 4.78 is 6.87. The van der Waals surface area contributed by atoms with Crippen LogP contribution in [0.4, 0.5) is 10.8 Å². The molecular formula is C20H23N9O3S. The third kappa shape index (κ3) is 5.04. The number of aliphatic hydroxyl groups excluding tert-OH is 1. The van der Waals surface area contributed by atoms with Gasteiger partial charge in [0.1, 0.15) is 11.3 Å². The molecule has 1 aromatic carbocycles. The fraction of sp³-hybridized carbons (Fsp3) is 0.350. The lowest BCUT2D eigenvalue weighted by Crippen LogP contribution is -2.27. The van der Waals surface area contributed by atoms with Gasteiger partial charge in [-0.1, -0.05) is 37.3 Å². The molecule has 33 heavy (non-hydrogen) atoms. The van der Waals surface area contributed by atoms with Crippen molar-refractivity contribution in [1.82, 2.24) is 35.3 Å². The zero-order valence-electron chi connectivity index (χ0n) is 18.1. The number of carbonyl (C=O) groups is 1. The molecule has 0 saturated heterocycles. The van der Waals surface area contributed by atoms with Crippen LogP contribution in [0.3, 0.4) is 0 Å². The van der Waals surface area contributed by atoms with Crippen molar-refractivity contribution in [3.8, 4) is 17.0 Å². The van der Waals surface area contributed by atoms with E-state index in [0.29, 0.717) is 52.3 Å². The van der Waals surface area contributed by atoms with Crippen LogP contribution in [0.15, 0.2) is 40.0 Å². The number of aromatic nitrogens is 6. The molecule has 4 rings (SSSR count). The Morgan fingerprint density at radius 3 is 2.97 bits per heavy atom. The summed E-state index contributed by atoms with van der Waals surface area (Å²) in [5.41, 5.74) is 3.68. The molecule has 3 aromatic heterocycles. The van der Waals surface area contributed by atoms with Gasteiger partial charge in [0, 0.05) is 24.4 Å². The van der Waals surface area contributed by atoms with Crippen LogP contribution in [0.2, 0.25) is 0 Å². The van der Waals surface area contributed by atoms with Gasteiger partial charge in [-0.05, 0) is 18.6 Å². The maximum atomic E-state index is 11.8. The molecule has 0 aliphatic rings. The van der Waals surface area contributed by atoms with Gasteiger partial charge in [-0.3, -0.25) is 9.89 Å². The van der Waals surface area contributed by atoms with Gasteiger partial charge >= 0.3 is 0 Å². The highest BCUT2D eigenvalue weighted by Gasteiger charge is 2.22. The number of ether oxygens (including phenoxy) is 1. The molecule has 3 N–H and O–H groups in total. The van der Waals surface area contributed by atoms with Crippen molar-refractivity contribution in [2.24, 2.45) is 10.2 Å². The van der Waals surface area contributed by atoms with Crippen molar-refractivity contribution < 1.29 is 14.6 Å². The van der Waals surface area contributed by atoms with Gasteiger partial charge in [-0.2, -0.15) is 4.63 Å². The second-order valence-electron chi connectivity index (χ2n) is 7.19. The molecule has 13 heteroatoms. The summed E-state index contributed by atoms with van der Waals surface area (Å²) in [5, 5.41) is 36.5. The number of carbonyl (C=O) groups excluding carboxylic acids is 1. The number of fused-ring (bicyclic) bond motifs is 1. The lowest BCUT2D eigenvalue weighted by atomic mass is 10.1. The van der Waals surface area contributed by atoms with Crippen molar-refractivity contribution in [2.75, 3.05) is 13.3 Å². The Labute approximate surface area is 192 Å². The van der Waals surface area contributed by atoms with Crippen molar-refractivity contribution in [1.29, 1.82) is 0 Å². The number of nitrogens with one attached hydrogen (secondary N) is 2. The van der Waals surface area contributed by atoms with E-state index in [4.69, 9.17) is 4.74 Å². The fourth-order valence-electron chi connectivity index (χ4n) is 3.17. The number of hydrogen-bond donors (Lipinski definition) is 3. The molecule has 1 atom stereocenters. The maximum absolute atomic E-state index is 11.8. The number of azo groups is 1. The summed E-state index contributed by atoms with van der Waals surface area (Å²) >= 11 is 1.25. The Kier molecular flexibility index (Phi) is 7.00. The molecule has 4 aromatic rings. The molecule has 3 heterocycles. The topological polar surface area (TPSA) is 155 Å². The number of benzene rings is 1. The zero-order chi connectivity index (χ0) is 23.2. The van der Waals surface area contributed by atoms with Crippen LogP contribution in [0.1, 0.15) is 38.4 Å². The molecule has 1 unspecified atom stereocenters. The van der Waals surface area contributed by atoms with Crippen LogP contribution in [0.5, 0.6) is 5.75 Å². The summed E-state index contributed by atoms with van der Waals surface area (Å²) in [6.07, 6.45) is 1.28. The Morgan fingerprint density at radius 1 is 1.36 bits per heavy atom. The number of para-hydroxylation sites is 1.